The first-order chi connectivity index (χ1) is 11.7. The van der Waals surface area contributed by atoms with Crippen LogP contribution in [0.1, 0.15) is 11.1 Å². The van der Waals surface area contributed by atoms with Gasteiger partial charge in [-0.05, 0) is 36.6 Å². The summed E-state index contributed by atoms with van der Waals surface area (Å²) in [5.74, 6) is 0.621. The van der Waals surface area contributed by atoms with Gasteiger partial charge < -0.3 is 14.7 Å². The normalized spacial score (nSPS) is 10.7. The van der Waals surface area contributed by atoms with Gasteiger partial charge in [0.15, 0.2) is 0 Å². The highest BCUT2D eigenvalue weighted by Crippen LogP contribution is 2.21. The molecule has 0 aliphatic carbocycles. The van der Waals surface area contributed by atoms with Gasteiger partial charge in [0.2, 0.25) is 5.91 Å². The smallest absolute Gasteiger partial charge is 0.277 e. The molecule has 0 fully saturated rings. The average Bonchev–Trinajstić information content (AvgIpc) is 3.26. The van der Waals surface area contributed by atoms with E-state index in [1.54, 1.807) is 6.20 Å². The molecule has 1 aromatic carbocycles. The van der Waals surface area contributed by atoms with Crippen molar-refractivity contribution >= 4 is 17.7 Å². The highest BCUT2D eigenvalue weighted by Gasteiger charge is 2.11. The maximum Gasteiger partial charge on any atom is 0.277 e. The Balaban J connectivity index is 1.42. The summed E-state index contributed by atoms with van der Waals surface area (Å²) in [5, 5.41) is 11.2. The Hall–Kier alpha value is -2.54. The van der Waals surface area contributed by atoms with Crippen molar-refractivity contribution in [2.24, 2.45) is 0 Å². The van der Waals surface area contributed by atoms with Crippen molar-refractivity contribution in [1.82, 2.24) is 20.5 Å². The van der Waals surface area contributed by atoms with E-state index in [-0.39, 0.29) is 11.7 Å². The molecule has 0 spiro atoms. The lowest BCUT2D eigenvalue weighted by molar-refractivity contribution is -0.118. The average molecular weight is 342 g/mol. The summed E-state index contributed by atoms with van der Waals surface area (Å²) >= 11 is 1.23. The fourth-order valence-electron chi connectivity index (χ4n) is 2.25. The van der Waals surface area contributed by atoms with Crippen LogP contribution in [0, 0.1) is 6.92 Å². The largest absolute Gasteiger partial charge is 0.410 e. The van der Waals surface area contributed by atoms with E-state index in [1.807, 2.05) is 24.3 Å². The Morgan fingerprint density at radius 3 is 2.92 bits per heavy atom. The predicted molar refractivity (Wildman–Crippen MR) is 92.7 cm³/mol. The molecule has 124 valence electrons. The molecule has 0 saturated carbocycles. The van der Waals surface area contributed by atoms with Crippen LogP contribution < -0.4 is 5.32 Å². The second-order valence-corrected chi connectivity index (χ2v) is 6.20. The first-order valence-corrected chi connectivity index (χ1v) is 8.62. The molecule has 0 saturated heterocycles. The van der Waals surface area contributed by atoms with Crippen LogP contribution >= 0.6 is 11.8 Å². The quantitative estimate of drug-likeness (QED) is 0.645. The third-order valence-corrected chi connectivity index (χ3v) is 4.36. The summed E-state index contributed by atoms with van der Waals surface area (Å²) in [7, 11) is 0. The topological polar surface area (TPSA) is 83.8 Å². The minimum absolute atomic E-state index is 0.0480. The second kappa shape index (κ2) is 7.83. The molecule has 0 aliphatic heterocycles. The molecule has 3 aromatic rings. The Morgan fingerprint density at radius 2 is 2.12 bits per heavy atom. The molecule has 0 unspecified atom stereocenters. The first kappa shape index (κ1) is 16.3. The van der Waals surface area contributed by atoms with Gasteiger partial charge in [0, 0.05) is 12.7 Å². The monoisotopic (exact) mass is 342 g/mol. The van der Waals surface area contributed by atoms with E-state index in [2.05, 4.69) is 39.6 Å². The number of thioether (sulfide) groups is 1. The van der Waals surface area contributed by atoms with Crippen molar-refractivity contribution in [3.8, 4) is 11.6 Å². The van der Waals surface area contributed by atoms with Crippen molar-refractivity contribution in [3.63, 3.8) is 0 Å². The van der Waals surface area contributed by atoms with Gasteiger partial charge in [-0.15, -0.1) is 10.2 Å². The fourth-order valence-corrected chi connectivity index (χ4v) is 2.84. The van der Waals surface area contributed by atoms with Crippen molar-refractivity contribution < 1.29 is 9.21 Å². The summed E-state index contributed by atoms with van der Waals surface area (Å²) in [5.41, 5.74) is 3.25. The molecule has 1 amide bonds. The number of nitrogens with one attached hydrogen (secondary N) is 2. The van der Waals surface area contributed by atoms with E-state index >= 15 is 0 Å². The van der Waals surface area contributed by atoms with E-state index in [4.69, 9.17) is 4.42 Å². The molecular formula is C17H18N4O2S. The van der Waals surface area contributed by atoms with Gasteiger partial charge in [0.25, 0.3) is 11.1 Å². The van der Waals surface area contributed by atoms with Crippen LogP contribution in [0.25, 0.3) is 11.6 Å². The van der Waals surface area contributed by atoms with Gasteiger partial charge in [-0.1, -0.05) is 36.0 Å². The highest BCUT2D eigenvalue weighted by molar-refractivity contribution is 7.99. The zero-order valence-corrected chi connectivity index (χ0v) is 14.1. The molecule has 0 atom stereocenters. The van der Waals surface area contributed by atoms with E-state index in [9.17, 15) is 4.79 Å². The summed E-state index contributed by atoms with van der Waals surface area (Å²) in [6.07, 6.45) is 2.61. The number of hydrogen-bond donors (Lipinski definition) is 2. The van der Waals surface area contributed by atoms with Crippen LogP contribution in [-0.2, 0) is 11.2 Å². The van der Waals surface area contributed by atoms with Gasteiger partial charge in [-0.2, -0.15) is 0 Å². The van der Waals surface area contributed by atoms with E-state index in [1.165, 1.54) is 22.9 Å². The number of aryl methyl sites for hydroxylation is 1. The number of amides is 1. The number of aromatic nitrogens is 3. The SMILES string of the molecule is Cc1ccccc1CCNC(=O)CSc1nnc(-c2ccc[nH]2)o1. The Kier molecular flexibility index (Phi) is 5.32. The van der Waals surface area contributed by atoms with Crippen molar-refractivity contribution in [3.05, 3.63) is 53.7 Å². The second-order valence-electron chi connectivity index (χ2n) is 5.27. The van der Waals surface area contributed by atoms with Gasteiger partial charge in [0.1, 0.15) is 5.69 Å². The van der Waals surface area contributed by atoms with Crippen LogP contribution in [0.2, 0.25) is 0 Å². The Labute approximate surface area is 144 Å². The van der Waals surface area contributed by atoms with Crippen molar-refractivity contribution in [2.75, 3.05) is 12.3 Å². The summed E-state index contributed by atoms with van der Waals surface area (Å²) in [6, 6.07) is 11.9. The fraction of sp³-hybridized carbons (Fsp3) is 0.235. The predicted octanol–water partition coefficient (Wildman–Crippen LogP) is 2.82. The number of aromatic amines is 1. The molecule has 0 radical (unpaired) electrons. The zero-order valence-electron chi connectivity index (χ0n) is 13.3. The molecular weight excluding hydrogens is 324 g/mol. The molecule has 2 heterocycles. The molecule has 0 aliphatic rings. The van der Waals surface area contributed by atoms with Crippen LogP contribution in [0.4, 0.5) is 0 Å². The van der Waals surface area contributed by atoms with Gasteiger partial charge in [-0.3, -0.25) is 4.79 Å². The number of nitrogens with zero attached hydrogens (tertiary/aromatic N) is 2. The molecule has 2 aromatic heterocycles. The third kappa shape index (κ3) is 4.26. The van der Waals surface area contributed by atoms with Crippen LogP contribution in [0.3, 0.4) is 0 Å². The molecule has 3 rings (SSSR count). The molecule has 2 N–H and O–H groups in total. The van der Waals surface area contributed by atoms with E-state index in [0.717, 1.165) is 12.1 Å². The van der Waals surface area contributed by atoms with Crippen LogP contribution in [-0.4, -0.2) is 33.4 Å². The van der Waals surface area contributed by atoms with Crippen LogP contribution in [0.15, 0.2) is 52.2 Å². The maximum atomic E-state index is 11.9. The zero-order chi connectivity index (χ0) is 16.8. The lowest BCUT2D eigenvalue weighted by Gasteiger charge is -2.06. The number of rotatable bonds is 7. The molecule has 24 heavy (non-hydrogen) atoms. The summed E-state index contributed by atoms with van der Waals surface area (Å²) in [4.78, 5) is 14.9. The Morgan fingerprint density at radius 1 is 1.25 bits per heavy atom. The van der Waals surface area contributed by atoms with Gasteiger partial charge in [-0.25, -0.2) is 0 Å². The minimum atomic E-state index is -0.0480. The number of carbonyl (C=O) groups is 1. The lowest BCUT2D eigenvalue weighted by atomic mass is 10.1. The molecule has 7 heteroatoms. The maximum absolute atomic E-state index is 11.9. The van der Waals surface area contributed by atoms with Gasteiger partial charge in [0.05, 0.1) is 5.75 Å². The molecule has 0 bridgehead atoms. The van der Waals surface area contributed by atoms with Crippen LogP contribution in [0.5, 0.6) is 0 Å². The number of benzene rings is 1. The van der Waals surface area contributed by atoms with Gasteiger partial charge >= 0.3 is 0 Å². The third-order valence-electron chi connectivity index (χ3n) is 3.54. The van der Waals surface area contributed by atoms with Crippen molar-refractivity contribution in [1.29, 1.82) is 0 Å². The first-order valence-electron chi connectivity index (χ1n) is 7.63. The minimum Gasteiger partial charge on any atom is -0.410 e. The number of carbonyl (C=O) groups excluding carboxylic acids is 1. The Bertz CT molecular complexity index is 799. The summed E-state index contributed by atoms with van der Waals surface area (Å²) in [6.45, 7) is 2.69. The number of H-pyrrole nitrogens is 1. The highest BCUT2D eigenvalue weighted by atomic mass is 32.2. The summed E-state index contributed by atoms with van der Waals surface area (Å²) < 4.78 is 5.50. The standard InChI is InChI=1S/C17H18N4O2S/c1-12-5-2-3-6-13(12)8-10-19-15(22)11-24-17-21-20-16(23-17)14-7-4-9-18-14/h2-7,9,18H,8,10-11H2,1H3,(H,19,22). The van der Waals surface area contributed by atoms with Crippen molar-refractivity contribution in [2.45, 2.75) is 18.6 Å². The van der Waals surface area contributed by atoms with E-state index in [0.29, 0.717) is 17.7 Å². The van der Waals surface area contributed by atoms with E-state index < -0.39 is 0 Å². The molecule has 6 nitrogen and oxygen atoms in total. The number of hydrogen-bond acceptors (Lipinski definition) is 5. The lowest BCUT2D eigenvalue weighted by Crippen LogP contribution is -2.27.